The lowest BCUT2D eigenvalue weighted by atomic mass is 10.1. The van der Waals surface area contributed by atoms with Gasteiger partial charge in [-0.25, -0.2) is 0 Å². The summed E-state index contributed by atoms with van der Waals surface area (Å²) in [6.07, 6.45) is 5.81. The van der Waals surface area contributed by atoms with Gasteiger partial charge in [0.2, 0.25) is 0 Å². The van der Waals surface area contributed by atoms with Crippen molar-refractivity contribution >= 4 is 23.0 Å². The van der Waals surface area contributed by atoms with E-state index in [-0.39, 0.29) is 0 Å². The molecule has 1 aromatic heterocycles. The van der Waals surface area contributed by atoms with Gasteiger partial charge in [0.25, 0.3) is 0 Å². The van der Waals surface area contributed by atoms with Crippen LogP contribution in [-0.4, -0.2) is 11.5 Å². The molecule has 3 rings (SSSR count). The molecule has 0 amide bonds. The zero-order valence-electron chi connectivity index (χ0n) is 13.8. The predicted octanol–water partition coefficient (Wildman–Crippen LogP) is 5.81. The first-order valence-electron chi connectivity index (χ1n) is 8.21. The molecule has 0 fully saturated rings. The summed E-state index contributed by atoms with van der Waals surface area (Å²) in [7, 11) is 0. The molecule has 2 nitrogen and oxygen atoms in total. The molecule has 0 saturated heterocycles. The number of nitrogens with zero attached hydrogens (tertiary/aromatic N) is 2. The number of pyridine rings is 1. The second kappa shape index (κ2) is 7.98. The van der Waals surface area contributed by atoms with Crippen molar-refractivity contribution in [2.24, 2.45) is 0 Å². The van der Waals surface area contributed by atoms with Crippen molar-refractivity contribution in [1.82, 2.24) is 4.98 Å². The molecular weight excluding hydrogens is 316 g/mol. The van der Waals surface area contributed by atoms with Crippen LogP contribution in [0.1, 0.15) is 17.5 Å². The van der Waals surface area contributed by atoms with E-state index in [0.29, 0.717) is 0 Å². The second-order valence-corrected chi connectivity index (χ2v) is 6.36. The van der Waals surface area contributed by atoms with Gasteiger partial charge in [0.15, 0.2) is 0 Å². The maximum Gasteiger partial charge on any atom is 0.0441 e. The molecule has 0 N–H and O–H groups in total. The smallest absolute Gasteiger partial charge is 0.0441 e. The van der Waals surface area contributed by atoms with Gasteiger partial charge in [-0.1, -0.05) is 41.4 Å². The molecule has 122 valence electrons. The third kappa shape index (κ3) is 4.36. The van der Waals surface area contributed by atoms with Crippen LogP contribution in [0.25, 0.3) is 0 Å². The molecule has 24 heavy (non-hydrogen) atoms. The number of benzene rings is 2. The molecule has 3 heteroatoms. The summed E-state index contributed by atoms with van der Waals surface area (Å²) in [6, 6.07) is 20.8. The Kier molecular flexibility index (Phi) is 5.50. The predicted molar refractivity (Wildman–Crippen MR) is 102 cm³/mol. The highest BCUT2D eigenvalue weighted by molar-refractivity contribution is 6.30. The first-order chi connectivity index (χ1) is 11.7. The van der Waals surface area contributed by atoms with Crippen molar-refractivity contribution in [1.29, 1.82) is 0 Å². The average molecular weight is 337 g/mol. The summed E-state index contributed by atoms with van der Waals surface area (Å²) in [5.41, 5.74) is 5.00. The standard InChI is InChI=1S/C21H21ClN2/c1-17-4-2-5-18(16-17)6-3-15-24(21-11-13-23-14-12-21)20-9-7-19(22)8-10-20/h2,4-5,7-14,16H,3,6,15H2,1H3. The van der Waals surface area contributed by atoms with E-state index in [1.165, 1.54) is 11.1 Å². The normalized spacial score (nSPS) is 10.6. The van der Waals surface area contributed by atoms with Crippen molar-refractivity contribution in [2.75, 3.05) is 11.4 Å². The Morgan fingerprint density at radius 1 is 0.917 bits per heavy atom. The Morgan fingerprint density at radius 2 is 1.62 bits per heavy atom. The van der Waals surface area contributed by atoms with Crippen molar-refractivity contribution in [3.8, 4) is 0 Å². The maximum absolute atomic E-state index is 6.03. The third-order valence-corrected chi connectivity index (χ3v) is 4.29. The highest BCUT2D eigenvalue weighted by Crippen LogP contribution is 2.26. The SMILES string of the molecule is Cc1cccc(CCCN(c2ccncc2)c2ccc(Cl)cc2)c1. The van der Waals surface area contributed by atoms with Crippen molar-refractivity contribution in [3.63, 3.8) is 0 Å². The minimum atomic E-state index is 0.758. The van der Waals surface area contributed by atoms with Crippen LogP contribution in [0, 0.1) is 6.92 Å². The molecule has 0 saturated carbocycles. The van der Waals surface area contributed by atoms with Gasteiger partial charge in [-0.05, 0) is 61.7 Å². The monoisotopic (exact) mass is 336 g/mol. The van der Waals surface area contributed by atoms with Crippen LogP contribution in [0.3, 0.4) is 0 Å². The van der Waals surface area contributed by atoms with Crippen LogP contribution in [0.4, 0.5) is 11.4 Å². The van der Waals surface area contributed by atoms with E-state index in [0.717, 1.165) is 35.8 Å². The Labute approximate surface area is 148 Å². The summed E-state index contributed by atoms with van der Waals surface area (Å²) >= 11 is 6.03. The lowest BCUT2D eigenvalue weighted by Crippen LogP contribution is -2.19. The van der Waals surface area contributed by atoms with E-state index in [4.69, 9.17) is 11.6 Å². The molecule has 0 atom stereocenters. The van der Waals surface area contributed by atoms with Gasteiger partial charge in [0.05, 0.1) is 0 Å². The molecule has 0 aliphatic heterocycles. The lowest BCUT2D eigenvalue weighted by Gasteiger charge is -2.25. The second-order valence-electron chi connectivity index (χ2n) is 5.93. The van der Waals surface area contributed by atoms with Gasteiger partial charge < -0.3 is 4.90 Å². The Bertz CT molecular complexity index is 769. The maximum atomic E-state index is 6.03. The molecule has 0 radical (unpaired) electrons. The number of hydrogen-bond donors (Lipinski definition) is 0. The van der Waals surface area contributed by atoms with Gasteiger partial charge in [0.1, 0.15) is 0 Å². The Morgan fingerprint density at radius 3 is 2.33 bits per heavy atom. The fourth-order valence-corrected chi connectivity index (χ4v) is 2.99. The van der Waals surface area contributed by atoms with Crippen LogP contribution in [0.5, 0.6) is 0 Å². The van der Waals surface area contributed by atoms with Crippen LogP contribution in [0.15, 0.2) is 73.1 Å². The van der Waals surface area contributed by atoms with Crippen LogP contribution < -0.4 is 4.90 Å². The van der Waals surface area contributed by atoms with E-state index in [9.17, 15) is 0 Å². The molecule has 3 aromatic rings. The highest BCUT2D eigenvalue weighted by atomic mass is 35.5. The molecule has 0 bridgehead atoms. The van der Waals surface area contributed by atoms with Crippen molar-refractivity contribution in [2.45, 2.75) is 19.8 Å². The zero-order valence-corrected chi connectivity index (χ0v) is 14.6. The fourth-order valence-electron chi connectivity index (χ4n) is 2.86. The average Bonchev–Trinajstić information content (AvgIpc) is 2.61. The van der Waals surface area contributed by atoms with Gasteiger partial charge in [-0.3, -0.25) is 4.98 Å². The summed E-state index contributed by atoms with van der Waals surface area (Å²) in [5, 5.41) is 0.758. The minimum Gasteiger partial charge on any atom is -0.341 e. The molecular formula is C21H21ClN2. The highest BCUT2D eigenvalue weighted by Gasteiger charge is 2.09. The molecule has 2 aromatic carbocycles. The zero-order chi connectivity index (χ0) is 16.8. The van der Waals surface area contributed by atoms with E-state index in [1.54, 1.807) is 0 Å². The van der Waals surface area contributed by atoms with E-state index < -0.39 is 0 Å². The number of rotatable bonds is 6. The summed E-state index contributed by atoms with van der Waals surface area (Å²) in [4.78, 5) is 6.44. The van der Waals surface area contributed by atoms with E-state index in [1.807, 2.05) is 36.7 Å². The van der Waals surface area contributed by atoms with Gasteiger partial charge in [-0.2, -0.15) is 0 Å². The van der Waals surface area contributed by atoms with Gasteiger partial charge in [0, 0.05) is 35.3 Å². The number of aryl methyl sites for hydroxylation is 2. The number of anilines is 2. The molecule has 1 heterocycles. The fraction of sp³-hybridized carbons (Fsp3) is 0.190. The molecule has 0 aliphatic carbocycles. The van der Waals surface area contributed by atoms with E-state index >= 15 is 0 Å². The van der Waals surface area contributed by atoms with Crippen LogP contribution >= 0.6 is 11.6 Å². The lowest BCUT2D eigenvalue weighted by molar-refractivity contribution is 0.806. The molecule has 0 unspecified atom stereocenters. The largest absolute Gasteiger partial charge is 0.341 e. The first kappa shape index (κ1) is 16.5. The Hall–Kier alpha value is -2.32. The quantitative estimate of drug-likeness (QED) is 0.564. The number of hydrogen-bond acceptors (Lipinski definition) is 2. The van der Waals surface area contributed by atoms with Crippen LogP contribution in [0.2, 0.25) is 5.02 Å². The summed E-state index contributed by atoms with van der Waals surface area (Å²) in [5.74, 6) is 0. The Balaban J connectivity index is 1.74. The molecule has 0 aliphatic rings. The summed E-state index contributed by atoms with van der Waals surface area (Å²) in [6.45, 7) is 3.08. The number of aromatic nitrogens is 1. The van der Waals surface area contributed by atoms with Crippen LogP contribution in [-0.2, 0) is 6.42 Å². The van der Waals surface area contributed by atoms with Gasteiger partial charge >= 0.3 is 0 Å². The van der Waals surface area contributed by atoms with Gasteiger partial charge in [-0.15, -0.1) is 0 Å². The molecule has 0 spiro atoms. The summed E-state index contributed by atoms with van der Waals surface area (Å²) < 4.78 is 0. The van der Waals surface area contributed by atoms with Crippen molar-refractivity contribution in [3.05, 3.63) is 89.2 Å². The topological polar surface area (TPSA) is 16.1 Å². The van der Waals surface area contributed by atoms with Crippen molar-refractivity contribution < 1.29 is 0 Å². The third-order valence-electron chi connectivity index (χ3n) is 4.04. The van der Waals surface area contributed by atoms with E-state index in [2.05, 4.69) is 53.2 Å². The minimum absolute atomic E-state index is 0.758. The number of halogens is 1. The first-order valence-corrected chi connectivity index (χ1v) is 8.59.